The normalized spacial score (nSPS) is 23.4. The fraction of sp³-hybridized carbons (Fsp3) is 0.391. The molecule has 0 spiro atoms. The first-order valence-corrected chi connectivity index (χ1v) is 10.2. The standard InChI is InChI=1S/C23H26FN3O2/c1-15-6-4-7-16(12-15)22(28)25-17-13-18-8-5-9-19(14-17)27(18)23(29)26-21-11-3-2-10-20(21)24/h2-4,6-7,10-12,17-19H,5,8-9,13-14H2,1H3,(H,25,28)(H,26,29)/t17?,18-,19+. The maximum Gasteiger partial charge on any atom is 0.322 e. The highest BCUT2D eigenvalue weighted by Gasteiger charge is 2.41. The predicted molar refractivity (Wildman–Crippen MR) is 110 cm³/mol. The predicted octanol–water partition coefficient (Wildman–Crippen LogP) is 4.48. The molecule has 2 saturated heterocycles. The minimum Gasteiger partial charge on any atom is -0.349 e. The van der Waals surface area contributed by atoms with Gasteiger partial charge >= 0.3 is 6.03 Å². The summed E-state index contributed by atoms with van der Waals surface area (Å²) in [6.07, 6.45) is 4.31. The number of fused-ring (bicyclic) bond motifs is 2. The SMILES string of the molecule is Cc1cccc(C(=O)NC2C[C@H]3CCC[C@@H](C2)N3C(=O)Nc2ccccc2F)c1. The molecule has 2 heterocycles. The van der Waals surface area contributed by atoms with Crippen LogP contribution in [-0.4, -0.2) is 35.0 Å². The van der Waals surface area contributed by atoms with Crippen LogP contribution in [0.2, 0.25) is 0 Å². The van der Waals surface area contributed by atoms with Gasteiger partial charge < -0.3 is 15.5 Å². The van der Waals surface area contributed by atoms with Crippen molar-refractivity contribution in [1.29, 1.82) is 0 Å². The van der Waals surface area contributed by atoms with Crippen LogP contribution in [0.3, 0.4) is 0 Å². The molecule has 3 atom stereocenters. The van der Waals surface area contributed by atoms with Gasteiger partial charge in [0.25, 0.3) is 5.91 Å². The van der Waals surface area contributed by atoms with Crippen molar-refractivity contribution in [2.45, 2.75) is 57.2 Å². The summed E-state index contributed by atoms with van der Waals surface area (Å²) in [6, 6.07) is 13.6. The van der Waals surface area contributed by atoms with E-state index in [-0.39, 0.29) is 35.8 Å². The Hall–Kier alpha value is -2.89. The third-order valence-corrected chi connectivity index (χ3v) is 5.94. The van der Waals surface area contributed by atoms with Crippen LogP contribution in [0.4, 0.5) is 14.9 Å². The summed E-state index contributed by atoms with van der Waals surface area (Å²) in [7, 11) is 0. The summed E-state index contributed by atoms with van der Waals surface area (Å²) >= 11 is 0. The Balaban J connectivity index is 1.43. The quantitative estimate of drug-likeness (QED) is 0.805. The lowest BCUT2D eigenvalue weighted by Gasteiger charge is -2.48. The van der Waals surface area contributed by atoms with E-state index in [1.54, 1.807) is 18.2 Å². The number of benzene rings is 2. The molecule has 0 aromatic heterocycles. The van der Waals surface area contributed by atoms with Crippen molar-refractivity contribution < 1.29 is 14.0 Å². The van der Waals surface area contributed by atoms with Gasteiger partial charge in [-0.1, -0.05) is 29.8 Å². The molecule has 29 heavy (non-hydrogen) atoms. The fourth-order valence-corrected chi connectivity index (χ4v) is 4.63. The van der Waals surface area contributed by atoms with Gasteiger partial charge in [0, 0.05) is 23.7 Å². The molecule has 0 radical (unpaired) electrons. The van der Waals surface area contributed by atoms with Crippen molar-refractivity contribution in [3.63, 3.8) is 0 Å². The third kappa shape index (κ3) is 4.26. The van der Waals surface area contributed by atoms with E-state index in [0.717, 1.165) is 37.7 Å². The molecule has 0 aliphatic carbocycles. The van der Waals surface area contributed by atoms with Crippen molar-refractivity contribution in [2.24, 2.45) is 0 Å². The molecule has 2 aromatic rings. The van der Waals surface area contributed by atoms with Gasteiger partial charge in [0.1, 0.15) is 5.82 Å². The molecule has 2 bridgehead atoms. The van der Waals surface area contributed by atoms with Gasteiger partial charge in [-0.05, 0) is 63.3 Å². The Kier molecular flexibility index (Phi) is 5.51. The summed E-state index contributed by atoms with van der Waals surface area (Å²) in [6.45, 7) is 1.97. The van der Waals surface area contributed by atoms with Gasteiger partial charge in [0.15, 0.2) is 0 Å². The Bertz CT molecular complexity index is 903. The van der Waals surface area contributed by atoms with E-state index in [4.69, 9.17) is 0 Å². The summed E-state index contributed by atoms with van der Waals surface area (Å²) in [5.41, 5.74) is 1.91. The molecule has 5 nitrogen and oxygen atoms in total. The largest absolute Gasteiger partial charge is 0.349 e. The number of hydrogen-bond acceptors (Lipinski definition) is 2. The van der Waals surface area contributed by atoms with Gasteiger partial charge in [0.2, 0.25) is 0 Å². The van der Waals surface area contributed by atoms with E-state index in [1.165, 1.54) is 6.07 Å². The first kappa shape index (κ1) is 19.4. The molecule has 2 aromatic carbocycles. The summed E-state index contributed by atoms with van der Waals surface area (Å²) in [5, 5.41) is 5.87. The summed E-state index contributed by atoms with van der Waals surface area (Å²) in [4.78, 5) is 27.4. The number of para-hydroxylation sites is 1. The molecule has 3 amide bonds. The second-order valence-electron chi connectivity index (χ2n) is 8.07. The maximum absolute atomic E-state index is 13.9. The van der Waals surface area contributed by atoms with Crippen LogP contribution >= 0.6 is 0 Å². The van der Waals surface area contributed by atoms with Gasteiger partial charge in [-0.15, -0.1) is 0 Å². The number of nitrogens with one attached hydrogen (secondary N) is 2. The van der Waals surface area contributed by atoms with E-state index in [9.17, 15) is 14.0 Å². The minimum atomic E-state index is -0.439. The molecule has 4 rings (SSSR count). The van der Waals surface area contributed by atoms with Gasteiger partial charge in [-0.3, -0.25) is 4.79 Å². The number of aryl methyl sites for hydroxylation is 1. The molecule has 2 aliphatic heterocycles. The van der Waals surface area contributed by atoms with Crippen molar-refractivity contribution in [1.82, 2.24) is 10.2 Å². The van der Waals surface area contributed by atoms with Crippen LogP contribution in [0, 0.1) is 12.7 Å². The monoisotopic (exact) mass is 395 g/mol. The summed E-state index contributed by atoms with van der Waals surface area (Å²) in [5.74, 6) is -0.507. The number of urea groups is 1. The zero-order valence-corrected chi connectivity index (χ0v) is 16.5. The van der Waals surface area contributed by atoms with Crippen molar-refractivity contribution in [3.8, 4) is 0 Å². The number of carbonyl (C=O) groups is 2. The van der Waals surface area contributed by atoms with Gasteiger partial charge in [0.05, 0.1) is 5.69 Å². The van der Waals surface area contributed by atoms with Crippen molar-refractivity contribution in [2.75, 3.05) is 5.32 Å². The number of halogens is 1. The Morgan fingerprint density at radius 2 is 1.76 bits per heavy atom. The van der Waals surface area contributed by atoms with Crippen molar-refractivity contribution in [3.05, 3.63) is 65.5 Å². The molecule has 152 valence electrons. The first-order valence-electron chi connectivity index (χ1n) is 10.2. The Labute approximate surface area is 170 Å². The number of carbonyl (C=O) groups excluding carboxylic acids is 2. The van der Waals surface area contributed by atoms with E-state index >= 15 is 0 Å². The number of piperidine rings is 2. The van der Waals surface area contributed by atoms with Crippen LogP contribution < -0.4 is 10.6 Å². The minimum absolute atomic E-state index is 0.0378. The smallest absolute Gasteiger partial charge is 0.322 e. The van der Waals surface area contributed by atoms with Crippen LogP contribution in [0.25, 0.3) is 0 Å². The van der Waals surface area contributed by atoms with E-state index in [0.29, 0.717) is 5.56 Å². The van der Waals surface area contributed by atoms with Crippen LogP contribution in [-0.2, 0) is 0 Å². The zero-order valence-electron chi connectivity index (χ0n) is 16.5. The zero-order chi connectivity index (χ0) is 20.4. The lowest BCUT2D eigenvalue weighted by Crippen LogP contribution is -2.59. The molecule has 2 fully saturated rings. The number of rotatable bonds is 3. The molecular weight excluding hydrogens is 369 g/mol. The van der Waals surface area contributed by atoms with E-state index < -0.39 is 5.82 Å². The molecule has 0 saturated carbocycles. The molecular formula is C23H26FN3O2. The second kappa shape index (κ2) is 8.23. The number of amides is 3. The van der Waals surface area contributed by atoms with Crippen molar-refractivity contribution >= 4 is 17.6 Å². The fourth-order valence-electron chi connectivity index (χ4n) is 4.63. The maximum atomic E-state index is 13.9. The average Bonchev–Trinajstić information content (AvgIpc) is 2.69. The molecule has 2 N–H and O–H groups in total. The highest BCUT2D eigenvalue weighted by molar-refractivity contribution is 5.94. The molecule has 1 unspecified atom stereocenters. The number of hydrogen-bond donors (Lipinski definition) is 2. The summed E-state index contributed by atoms with van der Waals surface area (Å²) < 4.78 is 13.9. The third-order valence-electron chi connectivity index (χ3n) is 5.94. The van der Waals surface area contributed by atoms with Crippen LogP contribution in [0.5, 0.6) is 0 Å². The number of nitrogens with zero attached hydrogens (tertiary/aromatic N) is 1. The van der Waals surface area contributed by atoms with Gasteiger partial charge in [-0.25, -0.2) is 9.18 Å². The van der Waals surface area contributed by atoms with Crippen LogP contribution in [0.15, 0.2) is 48.5 Å². The van der Waals surface area contributed by atoms with E-state index in [2.05, 4.69) is 10.6 Å². The lowest BCUT2D eigenvalue weighted by molar-refractivity contribution is 0.0576. The highest BCUT2D eigenvalue weighted by Crippen LogP contribution is 2.35. The topological polar surface area (TPSA) is 61.4 Å². The van der Waals surface area contributed by atoms with Crippen LogP contribution in [0.1, 0.15) is 48.0 Å². The molecule has 6 heteroatoms. The number of anilines is 1. The average molecular weight is 395 g/mol. The Morgan fingerprint density at radius 1 is 1.03 bits per heavy atom. The second-order valence-corrected chi connectivity index (χ2v) is 8.07. The highest BCUT2D eigenvalue weighted by atomic mass is 19.1. The van der Waals surface area contributed by atoms with E-state index in [1.807, 2.05) is 36.1 Å². The first-order chi connectivity index (χ1) is 14.0. The molecule has 2 aliphatic rings. The lowest BCUT2D eigenvalue weighted by atomic mass is 9.82. The Morgan fingerprint density at radius 3 is 2.45 bits per heavy atom. The van der Waals surface area contributed by atoms with Gasteiger partial charge in [-0.2, -0.15) is 0 Å².